The van der Waals surface area contributed by atoms with Gasteiger partial charge in [0.25, 0.3) is 0 Å². The van der Waals surface area contributed by atoms with Gasteiger partial charge in [-0.2, -0.15) is 8.42 Å². The Kier molecular flexibility index (Phi) is 7.82. The summed E-state index contributed by atoms with van der Waals surface area (Å²) in [5, 5.41) is 10.6. The predicted octanol–water partition coefficient (Wildman–Crippen LogP) is 3.45. The van der Waals surface area contributed by atoms with Crippen LogP contribution in [0.5, 0.6) is 0 Å². The Hall–Kier alpha value is -3.86. The highest BCUT2D eigenvalue weighted by molar-refractivity contribution is 8.06. The summed E-state index contributed by atoms with van der Waals surface area (Å²) in [5.74, 6) is -1.31. The molecule has 2 aliphatic rings. The summed E-state index contributed by atoms with van der Waals surface area (Å²) in [4.78, 5) is 38.2. The highest BCUT2D eigenvalue weighted by atomic mass is 32.2. The zero-order chi connectivity index (χ0) is 26.6. The summed E-state index contributed by atoms with van der Waals surface area (Å²) < 4.78 is 32.9. The third-order valence-electron chi connectivity index (χ3n) is 6.65. The van der Waals surface area contributed by atoms with Gasteiger partial charge in [-0.05, 0) is 48.6 Å². The van der Waals surface area contributed by atoms with E-state index in [-0.39, 0.29) is 19.2 Å². The van der Waals surface area contributed by atoms with Crippen LogP contribution in [0.1, 0.15) is 30.9 Å². The molecule has 37 heavy (non-hydrogen) atoms. The molecule has 2 amide bonds. The number of carboxylic acid groups (broad SMARTS) is 1. The molecule has 0 unspecified atom stereocenters. The van der Waals surface area contributed by atoms with Crippen LogP contribution in [0.15, 0.2) is 60.2 Å². The van der Waals surface area contributed by atoms with Gasteiger partial charge in [-0.3, -0.25) is 9.10 Å². The van der Waals surface area contributed by atoms with Crippen LogP contribution < -0.4 is 9.62 Å². The second-order valence-corrected chi connectivity index (χ2v) is 10.7. The van der Waals surface area contributed by atoms with Crippen molar-refractivity contribution in [2.45, 2.75) is 32.4 Å². The van der Waals surface area contributed by atoms with Crippen molar-refractivity contribution < 1.29 is 32.6 Å². The van der Waals surface area contributed by atoms with Gasteiger partial charge in [-0.1, -0.05) is 48.5 Å². The van der Waals surface area contributed by atoms with E-state index in [9.17, 15) is 22.8 Å². The number of ether oxygens (including phenoxy) is 1. The van der Waals surface area contributed by atoms with Crippen LogP contribution >= 0.6 is 0 Å². The first-order valence-corrected chi connectivity index (χ1v) is 13.4. The van der Waals surface area contributed by atoms with Crippen molar-refractivity contribution in [3.63, 3.8) is 0 Å². The molecule has 0 radical (unpaired) electrons. The molecule has 0 aliphatic carbocycles. The maximum Gasteiger partial charge on any atom is 0.445 e. The molecular formula is C26H29N3O7S. The number of carbonyl (C=O) groups excluding carboxylic acids is 2. The number of piperidine rings is 1. The number of carbonyl (C=O) groups is 3. The van der Waals surface area contributed by atoms with Gasteiger partial charge in [-0.25, -0.2) is 9.59 Å². The third kappa shape index (κ3) is 5.77. The molecule has 2 N–H and O–H groups in total. The minimum absolute atomic E-state index is 0.0538. The van der Waals surface area contributed by atoms with Crippen LogP contribution in [0, 0.1) is 5.92 Å². The number of aliphatic carboxylic acids is 1. The number of sulfonamides is 1. The van der Waals surface area contributed by atoms with Crippen molar-refractivity contribution >= 4 is 39.1 Å². The van der Waals surface area contributed by atoms with Crippen LogP contribution in [0.4, 0.5) is 15.3 Å². The molecule has 1 atom stereocenters. The lowest BCUT2D eigenvalue weighted by molar-refractivity contribution is -0.143. The van der Waals surface area contributed by atoms with Crippen molar-refractivity contribution in [1.82, 2.24) is 10.2 Å². The second kappa shape index (κ2) is 11.0. The molecule has 196 valence electrons. The number of para-hydroxylation sites is 1. The first kappa shape index (κ1) is 26.2. The van der Waals surface area contributed by atoms with Crippen molar-refractivity contribution in [3.05, 3.63) is 71.3 Å². The lowest BCUT2D eigenvalue weighted by atomic mass is 9.97. The Morgan fingerprint density at radius 3 is 2.35 bits per heavy atom. The van der Waals surface area contributed by atoms with Gasteiger partial charge >= 0.3 is 27.3 Å². The fourth-order valence-electron chi connectivity index (χ4n) is 4.52. The van der Waals surface area contributed by atoms with E-state index in [0.29, 0.717) is 48.3 Å². The zero-order valence-corrected chi connectivity index (χ0v) is 21.2. The fourth-order valence-corrected chi connectivity index (χ4v) is 5.86. The molecule has 2 aromatic rings. The molecule has 10 nitrogen and oxygen atoms in total. The molecule has 2 aliphatic heterocycles. The van der Waals surface area contributed by atoms with E-state index in [0.717, 1.165) is 4.31 Å². The molecule has 2 heterocycles. The summed E-state index contributed by atoms with van der Waals surface area (Å²) in [7, 11) is -4.55. The maximum absolute atomic E-state index is 13.4. The predicted molar refractivity (Wildman–Crippen MR) is 137 cm³/mol. The van der Waals surface area contributed by atoms with E-state index in [2.05, 4.69) is 5.32 Å². The number of amides is 2. The summed E-state index contributed by atoms with van der Waals surface area (Å²) in [6.45, 7) is 2.18. The van der Waals surface area contributed by atoms with Crippen molar-refractivity contribution in [2.24, 2.45) is 5.92 Å². The third-order valence-corrected chi connectivity index (χ3v) is 8.22. The first-order chi connectivity index (χ1) is 17.7. The smallest absolute Gasteiger partial charge is 0.445 e. The lowest BCUT2D eigenvalue weighted by Gasteiger charge is -2.36. The quantitative estimate of drug-likeness (QED) is 0.550. The zero-order valence-electron chi connectivity index (χ0n) is 20.4. The number of fused-ring (bicyclic) bond motifs is 1. The molecule has 0 aromatic heterocycles. The van der Waals surface area contributed by atoms with Crippen LogP contribution in [-0.2, 0) is 26.2 Å². The number of nitrogens with zero attached hydrogens (tertiary/aromatic N) is 2. The monoisotopic (exact) mass is 527 g/mol. The molecule has 2 aromatic carbocycles. The van der Waals surface area contributed by atoms with Gasteiger partial charge in [-0.15, -0.1) is 0 Å². The Bertz CT molecular complexity index is 1300. The van der Waals surface area contributed by atoms with Gasteiger partial charge in [0.15, 0.2) is 0 Å². The minimum Gasteiger partial charge on any atom is -0.481 e. The highest BCUT2D eigenvalue weighted by Crippen LogP contribution is 2.35. The van der Waals surface area contributed by atoms with Crippen LogP contribution in [0.2, 0.25) is 0 Å². The molecule has 1 fully saturated rings. The Morgan fingerprint density at radius 1 is 1.03 bits per heavy atom. The van der Waals surface area contributed by atoms with E-state index in [4.69, 9.17) is 9.84 Å². The SMILES string of the molecule is C[C@@H]1C(CNC(=O)N2CCC(C(=O)O)CC2)=Cc2ccccc2N1S(=O)(=O)C(=O)OCc1ccccc1. The fraction of sp³-hybridized carbons (Fsp3) is 0.346. The van der Waals surface area contributed by atoms with E-state index in [1.54, 1.807) is 72.5 Å². The Morgan fingerprint density at radius 2 is 1.68 bits per heavy atom. The standard InChI is InChI=1S/C26H29N3O7S/c1-18-22(16-27-25(32)28-13-11-20(12-14-28)24(30)31)15-21-9-5-6-10-23(21)29(18)37(34,35)26(33)36-17-19-7-3-2-4-8-19/h2-10,15,18,20H,11-14,16-17H2,1H3,(H,27,32)(H,30,31)/t18-/m1/s1. The van der Waals surface area contributed by atoms with Gasteiger partial charge in [0, 0.05) is 19.6 Å². The number of benzene rings is 2. The Balaban J connectivity index is 1.47. The molecule has 4 rings (SSSR count). The van der Waals surface area contributed by atoms with Crippen molar-refractivity contribution in [3.8, 4) is 0 Å². The second-order valence-electron chi connectivity index (χ2n) is 9.04. The summed E-state index contributed by atoms with van der Waals surface area (Å²) in [6.07, 6.45) is 2.57. The van der Waals surface area contributed by atoms with E-state index in [1.807, 2.05) is 0 Å². The van der Waals surface area contributed by atoms with Crippen LogP contribution in [0.3, 0.4) is 0 Å². The van der Waals surface area contributed by atoms with E-state index < -0.39 is 33.3 Å². The Labute approximate surface area is 215 Å². The number of carboxylic acids is 1. The van der Waals surface area contributed by atoms with Crippen molar-refractivity contribution in [1.29, 1.82) is 0 Å². The lowest BCUT2D eigenvalue weighted by Crippen LogP contribution is -2.49. The number of nitrogens with one attached hydrogen (secondary N) is 1. The first-order valence-electron chi connectivity index (χ1n) is 12.0. The molecule has 0 saturated carbocycles. The average molecular weight is 528 g/mol. The minimum atomic E-state index is -4.55. The van der Waals surface area contributed by atoms with Crippen LogP contribution in [-0.4, -0.2) is 61.4 Å². The normalized spacial score (nSPS) is 18.0. The summed E-state index contributed by atoms with van der Waals surface area (Å²) >= 11 is 0. The number of rotatable bonds is 6. The van der Waals surface area contributed by atoms with Crippen LogP contribution in [0.25, 0.3) is 6.08 Å². The largest absolute Gasteiger partial charge is 0.481 e. The topological polar surface area (TPSA) is 133 Å². The van der Waals surface area contributed by atoms with Gasteiger partial charge in [0.2, 0.25) is 0 Å². The number of hydrogen-bond donors (Lipinski definition) is 2. The molecule has 0 spiro atoms. The molecule has 1 saturated heterocycles. The number of hydrogen-bond acceptors (Lipinski definition) is 6. The van der Waals surface area contributed by atoms with E-state index >= 15 is 0 Å². The molecule has 11 heteroatoms. The average Bonchev–Trinajstić information content (AvgIpc) is 2.90. The number of urea groups is 1. The van der Waals surface area contributed by atoms with Gasteiger partial charge < -0.3 is 20.1 Å². The van der Waals surface area contributed by atoms with Gasteiger partial charge in [0.1, 0.15) is 6.61 Å². The maximum atomic E-state index is 13.4. The number of likely N-dealkylation sites (tertiary alicyclic amines) is 1. The molecular weight excluding hydrogens is 498 g/mol. The van der Waals surface area contributed by atoms with Crippen molar-refractivity contribution in [2.75, 3.05) is 23.9 Å². The van der Waals surface area contributed by atoms with E-state index in [1.165, 1.54) is 0 Å². The summed E-state index contributed by atoms with van der Waals surface area (Å²) in [5.41, 5.74) is 2.18. The van der Waals surface area contributed by atoms with Gasteiger partial charge in [0.05, 0.1) is 17.6 Å². The summed E-state index contributed by atoms with van der Waals surface area (Å²) in [6, 6.07) is 14.5. The number of anilines is 1. The molecule has 0 bridgehead atoms. The highest BCUT2D eigenvalue weighted by Gasteiger charge is 2.40.